The van der Waals surface area contributed by atoms with Crippen molar-refractivity contribution in [1.82, 2.24) is 5.32 Å². The molecule has 0 radical (unpaired) electrons. The smallest absolute Gasteiger partial charge is 0.242 e. The van der Waals surface area contributed by atoms with E-state index in [1.807, 2.05) is 18.2 Å². The van der Waals surface area contributed by atoms with Gasteiger partial charge in [-0.2, -0.15) is 0 Å². The normalized spacial score (nSPS) is 28.8. The third-order valence-corrected chi connectivity index (χ3v) is 4.46. The van der Waals surface area contributed by atoms with Gasteiger partial charge in [0.2, 0.25) is 5.91 Å². The molecule has 3 atom stereocenters. The second kappa shape index (κ2) is 5.24. The lowest BCUT2D eigenvalue weighted by atomic mass is 10.1. The zero-order chi connectivity index (χ0) is 13.2. The van der Waals surface area contributed by atoms with Gasteiger partial charge in [-0.1, -0.05) is 31.5 Å². The molecule has 102 valence electrons. The van der Waals surface area contributed by atoms with Crippen molar-refractivity contribution in [2.75, 3.05) is 11.9 Å². The van der Waals surface area contributed by atoms with Gasteiger partial charge in [0.25, 0.3) is 0 Å². The molecule has 19 heavy (non-hydrogen) atoms. The van der Waals surface area contributed by atoms with Crippen LogP contribution in [0.3, 0.4) is 0 Å². The highest BCUT2D eigenvalue weighted by molar-refractivity contribution is 5.87. The Balaban J connectivity index is 1.50. The number of amides is 1. The van der Waals surface area contributed by atoms with Crippen molar-refractivity contribution in [3.8, 4) is 0 Å². The number of carbonyl (C=O) groups is 1. The Bertz CT molecular complexity index is 447. The molecule has 1 saturated carbocycles. The standard InChI is InChI=1S/C16H22N2O/c1-11-6-7-12(8-11)10-17-16(19)15-9-13-4-2-3-5-14(13)18-15/h2-5,11-12,15,18H,6-10H2,1H3,(H,17,19). The first-order valence-electron chi connectivity index (χ1n) is 7.34. The van der Waals surface area contributed by atoms with Gasteiger partial charge in [0.05, 0.1) is 0 Å². The van der Waals surface area contributed by atoms with E-state index in [-0.39, 0.29) is 11.9 Å². The van der Waals surface area contributed by atoms with E-state index in [1.54, 1.807) is 0 Å². The summed E-state index contributed by atoms with van der Waals surface area (Å²) >= 11 is 0. The largest absolute Gasteiger partial charge is 0.373 e. The minimum absolute atomic E-state index is 0.0868. The van der Waals surface area contributed by atoms with Crippen LogP contribution < -0.4 is 10.6 Å². The summed E-state index contributed by atoms with van der Waals surface area (Å²) in [7, 11) is 0. The number of hydrogen-bond donors (Lipinski definition) is 2. The Morgan fingerprint density at radius 1 is 1.37 bits per heavy atom. The van der Waals surface area contributed by atoms with Crippen molar-refractivity contribution < 1.29 is 4.79 Å². The van der Waals surface area contributed by atoms with E-state index >= 15 is 0 Å². The SMILES string of the molecule is CC1CCC(CNC(=O)C2Cc3ccccc3N2)C1. The average molecular weight is 258 g/mol. The average Bonchev–Trinajstić information content (AvgIpc) is 3.01. The zero-order valence-corrected chi connectivity index (χ0v) is 11.5. The van der Waals surface area contributed by atoms with Crippen LogP contribution >= 0.6 is 0 Å². The van der Waals surface area contributed by atoms with Crippen molar-refractivity contribution in [2.45, 2.75) is 38.6 Å². The molecule has 0 spiro atoms. The highest BCUT2D eigenvalue weighted by Crippen LogP contribution is 2.30. The summed E-state index contributed by atoms with van der Waals surface area (Å²) in [6, 6.07) is 8.08. The number of fused-ring (bicyclic) bond motifs is 1. The first-order chi connectivity index (χ1) is 9.22. The second-order valence-electron chi connectivity index (χ2n) is 6.09. The maximum atomic E-state index is 12.2. The molecule has 1 heterocycles. The van der Waals surface area contributed by atoms with Crippen LogP contribution in [0.4, 0.5) is 5.69 Å². The van der Waals surface area contributed by atoms with E-state index in [9.17, 15) is 4.79 Å². The van der Waals surface area contributed by atoms with Crippen molar-refractivity contribution in [2.24, 2.45) is 11.8 Å². The second-order valence-corrected chi connectivity index (χ2v) is 6.09. The molecule has 2 N–H and O–H groups in total. The molecular formula is C16H22N2O. The fourth-order valence-corrected chi connectivity index (χ4v) is 3.33. The summed E-state index contributed by atoms with van der Waals surface area (Å²) in [6.07, 6.45) is 4.65. The number of rotatable bonds is 3. The maximum Gasteiger partial charge on any atom is 0.242 e. The van der Waals surface area contributed by atoms with Gasteiger partial charge in [-0.25, -0.2) is 0 Å². The molecule has 0 saturated heterocycles. The molecule has 1 fully saturated rings. The number of carbonyl (C=O) groups excluding carboxylic acids is 1. The van der Waals surface area contributed by atoms with Gasteiger partial charge in [0.15, 0.2) is 0 Å². The van der Waals surface area contributed by atoms with E-state index in [2.05, 4.69) is 23.6 Å². The number of anilines is 1. The van der Waals surface area contributed by atoms with E-state index in [0.29, 0.717) is 5.92 Å². The molecule has 0 aromatic heterocycles. The van der Waals surface area contributed by atoms with Gasteiger partial charge >= 0.3 is 0 Å². The van der Waals surface area contributed by atoms with Crippen LogP contribution in [0.5, 0.6) is 0 Å². The first-order valence-corrected chi connectivity index (χ1v) is 7.34. The van der Waals surface area contributed by atoms with Gasteiger partial charge in [0, 0.05) is 18.7 Å². The van der Waals surface area contributed by atoms with Crippen molar-refractivity contribution >= 4 is 11.6 Å². The predicted octanol–water partition coefficient (Wildman–Crippen LogP) is 2.58. The lowest BCUT2D eigenvalue weighted by Gasteiger charge is -2.15. The number of nitrogens with one attached hydrogen (secondary N) is 2. The molecule has 1 aromatic carbocycles. The molecule has 3 unspecified atom stereocenters. The Labute approximate surface area is 114 Å². The Morgan fingerprint density at radius 3 is 2.95 bits per heavy atom. The highest BCUT2D eigenvalue weighted by atomic mass is 16.2. The third kappa shape index (κ3) is 2.75. The van der Waals surface area contributed by atoms with Crippen LogP contribution in [0.15, 0.2) is 24.3 Å². The molecule has 0 bridgehead atoms. The van der Waals surface area contributed by atoms with E-state index in [0.717, 1.165) is 24.6 Å². The summed E-state index contributed by atoms with van der Waals surface area (Å²) in [5.74, 6) is 1.66. The summed E-state index contributed by atoms with van der Waals surface area (Å²) in [4.78, 5) is 12.2. The lowest BCUT2D eigenvalue weighted by molar-refractivity contribution is -0.121. The third-order valence-electron chi connectivity index (χ3n) is 4.46. The summed E-state index contributed by atoms with van der Waals surface area (Å²) in [5.41, 5.74) is 2.36. The van der Waals surface area contributed by atoms with Gasteiger partial charge in [-0.15, -0.1) is 0 Å². The van der Waals surface area contributed by atoms with Gasteiger partial charge in [-0.3, -0.25) is 4.79 Å². The van der Waals surface area contributed by atoms with E-state index in [4.69, 9.17) is 0 Å². The predicted molar refractivity (Wildman–Crippen MR) is 77.1 cm³/mol. The van der Waals surface area contributed by atoms with Gasteiger partial charge < -0.3 is 10.6 Å². The van der Waals surface area contributed by atoms with Crippen molar-refractivity contribution in [3.05, 3.63) is 29.8 Å². The first kappa shape index (κ1) is 12.5. The Morgan fingerprint density at radius 2 is 2.21 bits per heavy atom. The molecule has 1 amide bonds. The summed E-state index contributed by atoms with van der Waals surface area (Å²) < 4.78 is 0. The van der Waals surface area contributed by atoms with Crippen LogP contribution in [0.1, 0.15) is 31.7 Å². The van der Waals surface area contributed by atoms with Crippen LogP contribution in [0.25, 0.3) is 0 Å². The quantitative estimate of drug-likeness (QED) is 0.875. The molecule has 3 nitrogen and oxygen atoms in total. The van der Waals surface area contributed by atoms with E-state index < -0.39 is 0 Å². The monoisotopic (exact) mass is 258 g/mol. The van der Waals surface area contributed by atoms with Gasteiger partial charge in [0.1, 0.15) is 6.04 Å². The van der Waals surface area contributed by atoms with Crippen molar-refractivity contribution in [3.63, 3.8) is 0 Å². The number of para-hydroxylation sites is 1. The molecule has 3 heteroatoms. The van der Waals surface area contributed by atoms with Gasteiger partial charge in [-0.05, 0) is 36.3 Å². The lowest BCUT2D eigenvalue weighted by Crippen LogP contribution is -2.40. The maximum absolute atomic E-state index is 12.2. The Kier molecular flexibility index (Phi) is 3.45. The minimum atomic E-state index is -0.0868. The zero-order valence-electron chi connectivity index (χ0n) is 11.5. The molecule has 1 aromatic rings. The number of benzene rings is 1. The molecule has 3 rings (SSSR count). The summed E-state index contributed by atoms with van der Waals surface area (Å²) in [5, 5.41) is 6.43. The molecule has 2 aliphatic rings. The van der Waals surface area contributed by atoms with Crippen LogP contribution in [0.2, 0.25) is 0 Å². The molecule has 1 aliphatic carbocycles. The van der Waals surface area contributed by atoms with Crippen LogP contribution in [-0.4, -0.2) is 18.5 Å². The van der Waals surface area contributed by atoms with Crippen molar-refractivity contribution in [1.29, 1.82) is 0 Å². The van der Waals surface area contributed by atoms with E-state index in [1.165, 1.54) is 24.8 Å². The Hall–Kier alpha value is -1.51. The van der Waals surface area contributed by atoms with Crippen LogP contribution in [-0.2, 0) is 11.2 Å². The topological polar surface area (TPSA) is 41.1 Å². The molecular weight excluding hydrogens is 236 g/mol. The fraction of sp³-hybridized carbons (Fsp3) is 0.562. The highest BCUT2D eigenvalue weighted by Gasteiger charge is 2.27. The van der Waals surface area contributed by atoms with Crippen LogP contribution in [0, 0.1) is 11.8 Å². The fourth-order valence-electron chi connectivity index (χ4n) is 3.33. The number of hydrogen-bond acceptors (Lipinski definition) is 2. The minimum Gasteiger partial charge on any atom is -0.373 e. The summed E-state index contributed by atoms with van der Waals surface area (Å²) in [6.45, 7) is 3.15. The molecule has 1 aliphatic heterocycles.